The molecule has 36 heavy (non-hydrogen) atoms. The van der Waals surface area contributed by atoms with Crippen molar-refractivity contribution in [3.05, 3.63) is 52.6 Å². The van der Waals surface area contributed by atoms with Gasteiger partial charge in [-0.05, 0) is 57.9 Å². The van der Waals surface area contributed by atoms with Crippen LogP contribution in [-0.4, -0.2) is 68.6 Å². The lowest BCUT2D eigenvalue weighted by atomic mass is 10.1. The lowest BCUT2D eigenvalue weighted by molar-refractivity contribution is -0.116. The molecule has 4 rings (SSSR count). The van der Waals surface area contributed by atoms with Crippen molar-refractivity contribution in [3.63, 3.8) is 0 Å². The summed E-state index contributed by atoms with van der Waals surface area (Å²) in [6.45, 7) is 12.2. The molecule has 192 valence electrons. The highest BCUT2D eigenvalue weighted by Gasteiger charge is 2.26. The standard InChI is InChI=1S/C27H35FN6O2/c1-17(2)32-10-7-11-34(20(5)35)24-15-22(28)9-8-21(24)16-33(13-12-32)27(36)23-14-18(3)29-26-25(23)19(4)30-31(26)6/h8-9,14-15,17H,7,10-13,16H2,1-6H3. The number of carbonyl (C=O) groups is 2. The van der Waals surface area contributed by atoms with Crippen LogP contribution in [0.2, 0.25) is 0 Å². The van der Waals surface area contributed by atoms with Crippen LogP contribution >= 0.6 is 0 Å². The number of fused-ring (bicyclic) bond motifs is 2. The quantitative estimate of drug-likeness (QED) is 0.541. The van der Waals surface area contributed by atoms with E-state index in [1.54, 1.807) is 20.5 Å². The fraction of sp³-hybridized carbons (Fsp3) is 0.481. The second-order valence-corrected chi connectivity index (χ2v) is 9.87. The molecule has 0 bridgehead atoms. The van der Waals surface area contributed by atoms with Crippen molar-refractivity contribution in [1.82, 2.24) is 24.6 Å². The van der Waals surface area contributed by atoms with Gasteiger partial charge >= 0.3 is 0 Å². The fourth-order valence-electron chi connectivity index (χ4n) is 5.05. The van der Waals surface area contributed by atoms with E-state index in [9.17, 15) is 14.0 Å². The predicted molar refractivity (Wildman–Crippen MR) is 138 cm³/mol. The van der Waals surface area contributed by atoms with Gasteiger partial charge in [0, 0.05) is 58.4 Å². The van der Waals surface area contributed by atoms with Crippen LogP contribution in [0.1, 0.15) is 54.5 Å². The first-order valence-electron chi connectivity index (χ1n) is 12.5. The number of nitrogens with zero attached hydrogens (tertiary/aromatic N) is 6. The van der Waals surface area contributed by atoms with Crippen LogP contribution in [0.4, 0.5) is 10.1 Å². The summed E-state index contributed by atoms with van der Waals surface area (Å²) in [6.07, 6.45) is 0.751. The topological polar surface area (TPSA) is 74.6 Å². The van der Waals surface area contributed by atoms with Gasteiger partial charge in [0.1, 0.15) is 5.82 Å². The van der Waals surface area contributed by atoms with Gasteiger partial charge in [0.2, 0.25) is 5.91 Å². The second-order valence-electron chi connectivity index (χ2n) is 9.87. The third-order valence-electron chi connectivity index (χ3n) is 6.91. The Hall–Kier alpha value is -3.33. The summed E-state index contributed by atoms with van der Waals surface area (Å²) in [6, 6.07) is 6.57. The largest absolute Gasteiger partial charge is 0.333 e. The summed E-state index contributed by atoms with van der Waals surface area (Å²) >= 11 is 0. The molecule has 0 aliphatic carbocycles. The molecule has 3 heterocycles. The third kappa shape index (κ3) is 5.11. The van der Waals surface area contributed by atoms with E-state index in [0.717, 1.165) is 35.3 Å². The van der Waals surface area contributed by atoms with Crippen molar-refractivity contribution >= 4 is 28.5 Å². The number of benzene rings is 1. The van der Waals surface area contributed by atoms with E-state index in [0.29, 0.717) is 36.5 Å². The molecule has 3 aromatic rings. The maximum Gasteiger partial charge on any atom is 0.255 e. The SMILES string of the molecule is CC(=O)N1CCCN(C(C)C)CCN(C(=O)c2cc(C)nc3c2c(C)nn3C)Cc2ccc(F)cc21. The molecule has 0 saturated heterocycles. The zero-order valence-electron chi connectivity index (χ0n) is 22.0. The highest BCUT2D eigenvalue weighted by molar-refractivity contribution is 6.06. The number of carbonyl (C=O) groups excluding carboxylic acids is 2. The number of halogens is 1. The minimum absolute atomic E-state index is 0.130. The molecular formula is C27H35FN6O2. The Labute approximate surface area is 211 Å². The van der Waals surface area contributed by atoms with Crippen LogP contribution in [0, 0.1) is 19.7 Å². The molecule has 0 fully saturated rings. The summed E-state index contributed by atoms with van der Waals surface area (Å²) in [4.78, 5) is 37.1. The molecule has 2 amide bonds. The van der Waals surface area contributed by atoms with Gasteiger partial charge in [-0.15, -0.1) is 0 Å². The molecule has 0 unspecified atom stereocenters. The van der Waals surface area contributed by atoms with Crippen molar-refractivity contribution < 1.29 is 14.0 Å². The molecule has 0 spiro atoms. The molecule has 0 radical (unpaired) electrons. The summed E-state index contributed by atoms with van der Waals surface area (Å²) in [5.41, 5.74) is 3.97. The van der Waals surface area contributed by atoms with E-state index in [4.69, 9.17) is 0 Å². The Morgan fingerprint density at radius 1 is 1.06 bits per heavy atom. The van der Waals surface area contributed by atoms with Crippen molar-refractivity contribution in [2.75, 3.05) is 31.1 Å². The van der Waals surface area contributed by atoms with Crippen LogP contribution in [0.15, 0.2) is 24.3 Å². The van der Waals surface area contributed by atoms with Gasteiger partial charge in [-0.2, -0.15) is 5.10 Å². The van der Waals surface area contributed by atoms with Crippen LogP contribution < -0.4 is 4.90 Å². The van der Waals surface area contributed by atoms with Gasteiger partial charge < -0.3 is 9.80 Å². The Balaban J connectivity index is 1.82. The van der Waals surface area contributed by atoms with Crippen molar-refractivity contribution in [1.29, 1.82) is 0 Å². The van der Waals surface area contributed by atoms with Crippen molar-refractivity contribution in [2.24, 2.45) is 7.05 Å². The first kappa shape index (κ1) is 25.8. The molecule has 1 aliphatic rings. The van der Waals surface area contributed by atoms with Gasteiger partial charge in [0.05, 0.1) is 22.3 Å². The monoisotopic (exact) mass is 494 g/mol. The van der Waals surface area contributed by atoms with Gasteiger partial charge in [0.15, 0.2) is 5.65 Å². The average Bonchev–Trinajstić information content (AvgIpc) is 3.08. The molecule has 2 aromatic heterocycles. The highest BCUT2D eigenvalue weighted by Crippen LogP contribution is 2.28. The molecule has 0 saturated carbocycles. The van der Waals surface area contributed by atoms with Crippen LogP contribution in [-0.2, 0) is 18.4 Å². The van der Waals surface area contributed by atoms with E-state index >= 15 is 0 Å². The normalized spacial score (nSPS) is 15.8. The number of amides is 2. The van der Waals surface area contributed by atoms with E-state index in [-0.39, 0.29) is 24.4 Å². The second kappa shape index (κ2) is 10.3. The van der Waals surface area contributed by atoms with Crippen LogP contribution in [0.3, 0.4) is 0 Å². The van der Waals surface area contributed by atoms with E-state index in [1.165, 1.54) is 19.1 Å². The smallest absolute Gasteiger partial charge is 0.255 e. The van der Waals surface area contributed by atoms with E-state index in [1.807, 2.05) is 27.0 Å². The Bertz CT molecular complexity index is 1300. The van der Waals surface area contributed by atoms with Gasteiger partial charge in [-0.1, -0.05) is 6.07 Å². The number of aryl methyl sites for hydroxylation is 3. The van der Waals surface area contributed by atoms with E-state index in [2.05, 4.69) is 28.8 Å². The average molecular weight is 495 g/mol. The number of pyridine rings is 1. The van der Waals surface area contributed by atoms with Crippen LogP contribution in [0.5, 0.6) is 0 Å². The lowest BCUT2D eigenvalue weighted by Gasteiger charge is -2.30. The summed E-state index contributed by atoms with van der Waals surface area (Å²) in [5, 5.41) is 5.24. The van der Waals surface area contributed by atoms with Crippen molar-refractivity contribution in [3.8, 4) is 0 Å². The lowest BCUT2D eigenvalue weighted by Crippen LogP contribution is -2.41. The first-order chi connectivity index (χ1) is 17.1. The Kier molecular flexibility index (Phi) is 7.40. The third-order valence-corrected chi connectivity index (χ3v) is 6.91. The molecular weight excluding hydrogens is 459 g/mol. The maximum absolute atomic E-state index is 14.3. The zero-order chi connectivity index (χ0) is 26.1. The summed E-state index contributed by atoms with van der Waals surface area (Å²) in [5.74, 6) is -0.685. The van der Waals surface area contributed by atoms with Gasteiger partial charge in [0.25, 0.3) is 5.91 Å². The summed E-state index contributed by atoms with van der Waals surface area (Å²) in [7, 11) is 1.82. The predicted octanol–water partition coefficient (Wildman–Crippen LogP) is 3.83. The number of anilines is 1. The minimum Gasteiger partial charge on any atom is -0.333 e. The molecule has 8 nitrogen and oxygen atoms in total. The van der Waals surface area contributed by atoms with Gasteiger partial charge in [-0.25, -0.2) is 9.37 Å². The maximum atomic E-state index is 14.3. The number of aromatic nitrogens is 3. The molecule has 0 N–H and O–H groups in total. The van der Waals surface area contributed by atoms with Crippen LogP contribution in [0.25, 0.3) is 11.0 Å². The number of hydrogen-bond donors (Lipinski definition) is 0. The fourth-order valence-corrected chi connectivity index (χ4v) is 5.05. The Morgan fingerprint density at radius 3 is 2.50 bits per heavy atom. The van der Waals surface area contributed by atoms with E-state index < -0.39 is 5.82 Å². The van der Waals surface area contributed by atoms with Gasteiger partial charge in [-0.3, -0.25) is 19.2 Å². The van der Waals surface area contributed by atoms with Crippen molar-refractivity contribution in [2.45, 2.75) is 53.6 Å². The molecule has 0 atom stereocenters. The first-order valence-corrected chi connectivity index (χ1v) is 12.5. The molecule has 1 aromatic carbocycles. The number of rotatable bonds is 2. The zero-order valence-corrected chi connectivity index (χ0v) is 22.0. The molecule has 9 heteroatoms. The molecule has 1 aliphatic heterocycles. The number of hydrogen-bond acceptors (Lipinski definition) is 5. The minimum atomic E-state index is -0.408. The Morgan fingerprint density at radius 2 is 1.81 bits per heavy atom. The highest BCUT2D eigenvalue weighted by atomic mass is 19.1. The summed E-state index contributed by atoms with van der Waals surface area (Å²) < 4.78 is 16.0.